The molecule has 1 aromatic carbocycles. The zero-order valence-corrected chi connectivity index (χ0v) is 13.4. The number of hydrogen-bond acceptors (Lipinski definition) is 4. The quantitative estimate of drug-likeness (QED) is 0.316. The van der Waals surface area contributed by atoms with E-state index in [-0.39, 0.29) is 18.8 Å². The van der Waals surface area contributed by atoms with Crippen LogP contribution in [0.15, 0.2) is 48.3 Å². The summed E-state index contributed by atoms with van der Waals surface area (Å²) in [6.45, 7) is 4.02. The van der Waals surface area contributed by atoms with Gasteiger partial charge in [0, 0.05) is 6.08 Å². The Morgan fingerprint density at radius 1 is 1.09 bits per heavy atom. The van der Waals surface area contributed by atoms with E-state index in [2.05, 4.69) is 0 Å². The highest BCUT2D eigenvalue weighted by molar-refractivity contribution is 6.17. The molecule has 0 atom stereocenters. The molecule has 0 amide bonds. The van der Waals surface area contributed by atoms with Crippen LogP contribution < -0.4 is 0 Å². The predicted octanol–water partition coefficient (Wildman–Crippen LogP) is 3.83. The zero-order valence-electron chi connectivity index (χ0n) is 13.4. The molecule has 1 rings (SSSR count). The number of halogens is 1. The molecule has 0 heterocycles. The van der Waals surface area contributed by atoms with Gasteiger partial charge < -0.3 is 9.47 Å². The molecule has 0 aliphatic carbocycles. The van der Waals surface area contributed by atoms with Gasteiger partial charge in [-0.05, 0) is 25.0 Å². The van der Waals surface area contributed by atoms with Crippen molar-refractivity contribution >= 4 is 17.5 Å². The lowest BCUT2D eigenvalue weighted by molar-refractivity contribution is -0.138. The van der Waals surface area contributed by atoms with Gasteiger partial charge in [0.25, 0.3) is 0 Å². The van der Waals surface area contributed by atoms with Crippen LogP contribution in [0.4, 0.5) is 4.39 Å². The van der Waals surface area contributed by atoms with Gasteiger partial charge in [0.15, 0.2) is 0 Å². The second-order valence-corrected chi connectivity index (χ2v) is 4.66. The summed E-state index contributed by atoms with van der Waals surface area (Å²) in [7, 11) is 0. The molecule has 0 spiro atoms. The minimum atomic E-state index is -0.845. The van der Waals surface area contributed by atoms with E-state index in [1.54, 1.807) is 37.3 Å². The molecule has 124 valence electrons. The van der Waals surface area contributed by atoms with E-state index in [1.165, 1.54) is 0 Å². The van der Waals surface area contributed by atoms with Crippen LogP contribution in [0.1, 0.15) is 32.3 Å². The van der Waals surface area contributed by atoms with Gasteiger partial charge in [0.2, 0.25) is 0 Å². The Kier molecular flexibility index (Phi) is 8.36. The van der Waals surface area contributed by atoms with Crippen LogP contribution in [0.25, 0.3) is 5.57 Å². The standard InChI is InChI=1S/C18H21FO4/c1-3-5-13-23-16(20)12-11-15(19)17(18(21)22-4-2)14-9-7-6-8-10-14/h6-12H,3-5,13H2,1-2H3/b12-11+,17-15+. The molecular weight excluding hydrogens is 299 g/mol. The normalized spacial score (nSPS) is 12.0. The highest BCUT2D eigenvalue weighted by Crippen LogP contribution is 2.22. The van der Waals surface area contributed by atoms with Gasteiger partial charge in [-0.3, -0.25) is 0 Å². The summed E-state index contributed by atoms with van der Waals surface area (Å²) in [4.78, 5) is 23.4. The molecule has 0 fully saturated rings. The first kappa shape index (κ1) is 18.6. The third-order valence-corrected chi connectivity index (χ3v) is 2.89. The van der Waals surface area contributed by atoms with Crippen LogP contribution in [0, 0.1) is 0 Å². The summed E-state index contributed by atoms with van der Waals surface area (Å²) < 4.78 is 24.1. The first-order valence-corrected chi connectivity index (χ1v) is 7.57. The van der Waals surface area contributed by atoms with Gasteiger partial charge >= 0.3 is 11.9 Å². The number of carbonyl (C=O) groups is 2. The van der Waals surface area contributed by atoms with Gasteiger partial charge in [-0.2, -0.15) is 0 Å². The third kappa shape index (κ3) is 6.46. The second-order valence-electron chi connectivity index (χ2n) is 4.66. The van der Waals surface area contributed by atoms with E-state index in [0.29, 0.717) is 5.56 Å². The largest absolute Gasteiger partial charge is 0.463 e. The Morgan fingerprint density at radius 3 is 2.39 bits per heavy atom. The van der Waals surface area contributed by atoms with Gasteiger partial charge in [0.1, 0.15) is 11.4 Å². The molecule has 0 aromatic heterocycles. The van der Waals surface area contributed by atoms with Gasteiger partial charge in [-0.15, -0.1) is 0 Å². The summed E-state index contributed by atoms with van der Waals surface area (Å²) in [5, 5.41) is 0. The Morgan fingerprint density at radius 2 is 1.78 bits per heavy atom. The van der Waals surface area contributed by atoms with Crippen molar-refractivity contribution in [3.63, 3.8) is 0 Å². The number of esters is 2. The molecule has 5 heteroatoms. The van der Waals surface area contributed by atoms with E-state index >= 15 is 0 Å². The van der Waals surface area contributed by atoms with Crippen LogP contribution in [0.2, 0.25) is 0 Å². The molecule has 0 bridgehead atoms. The number of allylic oxidation sites excluding steroid dienone is 2. The number of hydrogen-bond donors (Lipinski definition) is 0. The van der Waals surface area contributed by atoms with E-state index in [9.17, 15) is 14.0 Å². The van der Waals surface area contributed by atoms with E-state index in [4.69, 9.17) is 9.47 Å². The van der Waals surface area contributed by atoms with E-state index < -0.39 is 17.8 Å². The van der Waals surface area contributed by atoms with Crippen molar-refractivity contribution in [1.82, 2.24) is 0 Å². The van der Waals surface area contributed by atoms with Crippen LogP contribution in [-0.4, -0.2) is 25.2 Å². The summed E-state index contributed by atoms with van der Waals surface area (Å²) in [6.07, 6.45) is 3.53. The van der Waals surface area contributed by atoms with E-state index in [1.807, 2.05) is 6.92 Å². The van der Waals surface area contributed by atoms with Crippen LogP contribution >= 0.6 is 0 Å². The maximum Gasteiger partial charge on any atom is 0.341 e. The molecule has 4 nitrogen and oxygen atoms in total. The Bertz CT molecular complexity index is 576. The second kappa shape index (κ2) is 10.3. The predicted molar refractivity (Wildman–Crippen MR) is 86.1 cm³/mol. The van der Waals surface area contributed by atoms with E-state index in [0.717, 1.165) is 25.0 Å². The van der Waals surface area contributed by atoms with Crippen molar-refractivity contribution in [1.29, 1.82) is 0 Å². The van der Waals surface area contributed by atoms with Crippen molar-refractivity contribution in [2.75, 3.05) is 13.2 Å². The minimum Gasteiger partial charge on any atom is -0.463 e. The SMILES string of the molecule is CCCCOC(=O)/C=C/C(F)=C(\C(=O)OCC)c1ccccc1. The number of unbranched alkanes of at least 4 members (excludes halogenated alkanes) is 1. The molecule has 0 N–H and O–H groups in total. The van der Waals surface area contributed by atoms with Crippen molar-refractivity contribution in [2.45, 2.75) is 26.7 Å². The Hall–Kier alpha value is -2.43. The average molecular weight is 320 g/mol. The highest BCUT2D eigenvalue weighted by atomic mass is 19.1. The maximum absolute atomic E-state index is 14.4. The number of rotatable bonds is 8. The maximum atomic E-state index is 14.4. The van der Waals surface area contributed by atoms with Gasteiger partial charge in [-0.1, -0.05) is 43.7 Å². The lowest BCUT2D eigenvalue weighted by Gasteiger charge is -2.07. The summed E-state index contributed by atoms with van der Waals surface area (Å²) in [6, 6.07) is 8.32. The van der Waals surface area contributed by atoms with Crippen molar-refractivity contribution in [2.24, 2.45) is 0 Å². The third-order valence-electron chi connectivity index (χ3n) is 2.89. The van der Waals surface area contributed by atoms with Crippen molar-refractivity contribution < 1.29 is 23.5 Å². The smallest absolute Gasteiger partial charge is 0.341 e. The highest BCUT2D eigenvalue weighted by Gasteiger charge is 2.18. The fourth-order valence-corrected chi connectivity index (χ4v) is 1.75. The molecule has 0 saturated carbocycles. The molecule has 23 heavy (non-hydrogen) atoms. The molecule has 0 unspecified atom stereocenters. The number of ether oxygens (including phenoxy) is 2. The monoisotopic (exact) mass is 320 g/mol. The number of carbonyl (C=O) groups excluding carboxylic acids is 2. The topological polar surface area (TPSA) is 52.6 Å². The van der Waals surface area contributed by atoms with Gasteiger partial charge in [0.05, 0.1) is 13.2 Å². The van der Waals surface area contributed by atoms with Crippen LogP contribution in [0.5, 0.6) is 0 Å². The Balaban J connectivity index is 2.96. The molecule has 0 saturated heterocycles. The molecule has 0 radical (unpaired) electrons. The first-order valence-electron chi connectivity index (χ1n) is 7.57. The lowest BCUT2D eigenvalue weighted by Crippen LogP contribution is -2.08. The fourth-order valence-electron chi connectivity index (χ4n) is 1.75. The summed E-state index contributed by atoms with van der Waals surface area (Å²) >= 11 is 0. The summed E-state index contributed by atoms with van der Waals surface area (Å²) in [5.74, 6) is -2.27. The fraction of sp³-hybridized carbons (Fsp3) is 0.333. The molecular formula is C18H21FO4. The molecule has 0 aliphatic heterocycles. The van der Waals surface area contributed by atoms with Crippen LogP contribution in [-0.2, 0) is 19.1 Å². The summed E-state index contributed by atoms with van der Waals surface area (Å²) in [5.41, 5.74) is 0.164. The van der Waals surface area contributed by atoms with Gasteiger partial charge in [-0.25, -0.2) is 14.0 Å². The zero-order chi connectivity index (χ0) is 17.1. The van der Waals surface area contributed by atoms with Crippen LogP contribution in [0.3, 0.4) is 0 Å². The van der Waals surface area contributed by atoms with Crippen molar-refractivity contribution in [3.05, 3.63) is 53.9 Å². The average Bonchev–Trinajstić information content (AvgIpc) is 2.55. The molecule has 1 aromatic rings. The lowest BCUT2D eigenvalue weighted by atomic mass is 10.0. The van der Waals surface area contributed by atoms with Crippen molar-refractivity contribution in [3.8, 4) is 0 Å². The first-order chi connectivity index (χ1) is 11.1. The molecule has 0 aliphatic rings. The minimum absolute atomic E-state index is 0.130. The Labute approximate surface area is 135 Å². The number of benzene rings is 1.